The molecule has 1 atom stereocenters. The van der Waals surface area contributed by atoms with Crippen LogP contribution in [0.1, 0.15) is 29.5 Å². The van der Waals surface area contributed by atoms with Gasteiger partial charge in [0.05, 0.1) is 6.54 Å². The van der Waals surface area contributed by atoms with Crippen molar-refractivity contribution in [1.82, 2.24) is 5.32 Å². The zero-order valence-corrected chi connectivity index (χ0v) is 12.1. The van der Waals surface area contributed by atoms with Crippen LogP contribution in [0.25, 0.3) is 0 Å². The zero-order chi connectivity index (χ0) is 13.8. The molecule has 1 aliphatic heterocycles. The second kappa shape index (κ2) is 6.06. The van der Waals surface area contributed by atoms with Crippen molar-refractivity contribution < 1.29 is 0 Å². The maximum absolute atomic E-state index is 5.97. The number of nitrogens with zero attached hydrogens (tertiary/aromatic N) is 1. The smallest absolute Gasteiger partial charge is 0.193 e. The summed E-state index contributed by atoms with van der Waals surface area (Å²) in [7, 11) is 0. The molecule has 104 valence electrons. The summed E-state index contributed by atoms with van der Waals surface area (Å²) in [6.45, 7) is 8.14. The summed E-state index contributed by atoms with van der Waals surface area (Å²) in [4.78, 5) is 4.43. The van der Waals surface area contributed by atoms with Crippen LogP contribution in [0.15, 0.2) is 17.1 Å². The van der Waals surface area contributed by atoms with Gasteiger partial charge in [-0.3, -0.25) is 4.99 Å². The van der Waals surface area contributed by atoms with Gasteiger partial charge in [0.25, 0.3) is 0 Å². The number of hydrogen-bond acceptors (Lipinski definition) is 2. The number of hydrogen-bond donors (Lipinski definition) is 3. The summed E-state index contributed by atoms with van der Waals surface area (Å²) in [6.07, 6.45) is 2.43. The van der Waals surface area contributed by atoms with Crippen LogP contribution in [-0.4, -0.2) is 25.1 Å². The van der Waals surface area contributed by atoms with E-state index >= 15 is 0 Å². The lowest BCUT2D eigenvalue weighted by Gasteiger charge is -2.14. The third-order valence-corrected chi connectivity index (χ3v) is 3.57. The molecule has 0 bridgehead atoms. The van der Waals surface area contributed by atoms with Crippen LogP contribution < -0.4 is 16.4 Å². The highest BCUT2D eigenvalue weighted by molar-refractivity contribution is 5.93. The Morgan fingerprint density at radius 1 is 1.37 bits per heavy atom. The van der Waals surface area contributed by atoms with Crippen molar-refractivity contribution in [2.24, 2.45) is 10.7 Å². The predicted octanol–water partition coefficient (Wildman–Crippen LogP) is 2.09. The van der Waals surface area contributed by atoms with Gasteiger partial charge in [-0.05, 0) is 51.3 Å². The summed E-state index contributed by atoms with van der Waals surface area (Å²) in [5.74, 6) is 0.503. The number of anilines is 1. The average Bonchev–Trinajstić information content (AvgIpc) is 2.84. The maximum Gasteiger partial charge on any atom is 0.193 e. The van der Waals surface area contributed by atoms with Gasteiger partial charge in [-0.15, -0.1) is 0 Å². The molecular weight excluding hydrogens is 236 g/mol. The number of benzene rings is 1. The van der Waals surface area contributed by atoms with Crippen LogP contribution in [0, 0.1) is 20.8 Å². The minimum atomic E-state index is 0.487. The Hall–Kier alpha value is -1.55. The minimum absolute atomic E-state index is 0.487. The molecule has 0 aliphatic carbocycles. The summed E-state index contributed by atoms with van der Waals surface area (Å²) in [5.41, 5.74) is 10.7. The molecule has 1 saturated heterocycles. The molecular formula is C15H24N4. The minimum Gasteiger partial charge on any atom is -0.370 e. The first-order chi connectivity index (χ1) is 9.06. The van der Waals surface area contributed by atoms with Crippen molar-refractivity contribution in [3.05, 3.63) is 28.8 Å². The first-order valence-corrected chi connectivity index (χ1v) is 6.94. The van der Waals surface area contributed by atoms with E-state index in [0.717, 1.165) is 18.8 Å². The molecule has 0 aromatic heterocycles. The van der Waals surface area contributed by atoms with Crippen molar-refractivity contribution in [3.63, 3.8) is 0 Å². The molecule has 1 aliphatic rings. The van der Waals surface area contributed by atoms with E-state index in [2.05, 4.69) is 48.5 Å². The van der Waals surface area contributed by atoms with Crippen LogP contribution in [-0.2, 0) is 0 Å². The highest BCUT2D eigenvalue weighted by atomic mass is 15.1. The Kier molecular flexibility index (Phi) is 4.43. The number of guanidine groups is 1. The molecule has 19 heavy (non-hydrogen) atoms. The molecule has 0 spiro atoms. The van der Waals surface area contributed by atoms with Crippen LogP contribution in [0.4, 0.5) is 5.69 Å². The summed E-state index contributed by atoms with van der Waals surface area (Å²) in [5, 5.41) is 6.65. The van der Waals surface area contributed by atoms with E-state index < -0.39 is 0 Å². The lowest BCUT2D eigenvalue weighted by atomic mass is 10.1. The van der Waals surface area contributed by atoms with Crippen molar-refractivity contribution >= 4 is 11.6 Å². The van der Waals surface area contributed by atoms with Crippen LogP contribution in [0.2, 0.25) is 0 Å². The number of nitrogens with two attached hydrogens (primary N) is 1. The Labute approximate surface area is 115 Å². The Balaban J connectivity index is 2.01. The van der Waals surface area contributed by atoms with Gasteiger partial charge in [-0.25, -0.2) is 0 Å². The highest BCUT2D eigenvalue weighted by Gasteiger charge is 2.13. The Morgan fingerprint density at radius 2 is 2.05 bits per heavy atom. The van der Waals surface area contributed by atoms with E-state index in [1.165, 1.54) is 29.5 Å². The van der Waals surface area contributed by atoms with Crippen LogP contribution in [0.3, 0.4) is 0 Å². The zero-order valence-electron chi connectivity index (χ0n) is 12.1. The van der Waals surface area contributed by atoms with Gasteiger partial charge in [-0.1, -0.05) is 17.7 Å². The van der Waals surface area contributed by atoms with Crippen molar-refractivity contribution in [1.29, 1.82) is 0 Å². The lowest BCUT2D eigenvalue weighted by Crippen LogP contribution is -2.29. The SMILES string of the molecule is Cc1cc(C)c(NC(N)=NC[C@@H]2CCCN2)c(C)c1. The number of aliphatic imine (C=N–C) groups is 1. The average molecular weight is 260 g/mol. The Morgan fingerprint density at radius 3 is 2.63 bits per heavy atom. The van der Waals surface area contributed by atoms with E-state index in [0.29, 0.717) is 12.0 Å². The first-order valence-electron chi connectivity index (χ1n) is 6.94. The van der Waals surface area contributed by atoms with Gasteiger partial charge in [0.15, 0.2) is 5.96 Å². The number of nitrogens with one attached hydrogen (secondary N) is 2. The molecule has 1 heterocycles. The summed E-state index contributed by atoms with van der Waals surface area (Å²) in [6, 6.07) is 4.79. The number of rotatable bonds is 3. The third-order valence-electron chi connectivity index (χ3n) is 3.57. The molecule has 4 N–H and O–H groups in total. The maximum atomic E-state index is 5.97. The summed E-state index contributed by atoms with van der Waals surface area (Å²) >= 11 is 0. The topological polar surface area (TPSA) is 62.4 Å². The van der Waals surface area contributed by atoms with Gasteiger partial charge in [0, 0.05) is 11.7 Å². The molecule has 0 saturated carbocycles. The first kappa shape index (κ1) is 13.9. The fraction of sp³-hybridized carbons (Fsp3) is 0.533. The largest absolute Gasteiger partial charge is 0.370 e. The number of aryl methyl sites for hydroxylation is 3. The van der Waals surface area contributed by atoms with Crippen LogP contribution >= 0.6 is 0 Å². The monoisotopic (exact) mass is 260 g/mol. The van der Waals surface area contributed by atoms with Gasteiger partial charge in [-0.2, -0.15) is 0 Å². The van der Waals surface area contributed by atoms with Crippen LogP contribution in [0.5, 0.6) is 0 Å². The normalized spacial score (nSPS) is 19.7. The fourth-order valence-electron chi connectivity index (χ4n) is 2.67. The van der Waals surface area contributed by atoms with Gasteiger partial charge in [0.2, 0.25) is 0 Å². The molecule has 4 heteroatoms. The van der Waals surface area contributed by atoms with Gasteiger partial charge >= 0.3 is 0 Å². The van der Waals surface area contributed by atoms with E-state index in [1.54, 1.807) is 0 Å². The quantitative estimate of drug-likeness (QED) is 0.576. The Bertz CT molecular complexity index is 450. The van der Waals surface area contributed by atoms with Crippen molar-refractivity contribution in [2.75, 3.05) is 18.4 Å². The van der Waals surface area contributed by atoms with Gasteiger partial charge in [0.1, 0.15) is 0 Å². The molecule has 2 rings (SSSR count). The molecule has 1 aromatic rings. The van der Waals surface area contributed by atoms with Crippen molar-refractivity contribution in [3.8, 4) is 0 Å². The van der Waals surface area contributed by atoms with E-state index in [-0.39, 0.29) is 0 Å². The lowest BCUT2D eigenvalue weighted by molar-refractivity contribution is 0.617. The second-order valence-electron chi connectivity index (χ2n) is 5.42. The van der Waals surface area contributed by atoms with Gasteiger partial charge < -0.3 is 16.4 Å². The molecule has 0 amide bonds. The molecule has 4 nitrogen and oxygen atoms in total. The molecule has 1 fully saturated rings. The molecule has 0 unspecified atom stereocenters. The molecule has 1 aromatic carbocycles. The fourth-order valence-corrected chi connectivity index (χ4v) is 2.67. The summed E-state index contributed by atoms with van der Waals surface area (Å²) < 4.78 is 0. The van der Waals surface area contributed by atoms with E-state index in [9.17, 15) is 0 Å². The van der Waals surface area contributed by atoms with E-state index in [1.807, 2.05) is 0 Å². The standard InChI is InChI=1S/C15H24N4/c1-10-7-11(2)14(12(3)8-10)19-15(16)18-9-13-5-4-6-17-13/h7-8,13,17H,4-6,9H2,1-3H3,(H3,16,18,19)/t13-/m0/s1. The highest BCUT2D eigenvalue weighted by Crippen LogP contribution is 2.21. The molecule has 0 radical (unpaired) electrons. The van der Waals surface area contributed by atoms with E-state index in [4.69, 9.17) is 5.73 Å². The predicted molar refractivity (Wildman–Crippen MR) is 81.8 cm³/mol. The second-order valence-corrected chi connectivity index (χ2v) is 5.42. The van der Waals surface area contributed by atoms with Crippen molar-refractivity contribution in [2.45, 2.75) is 39.7 Å². The third kappa shape index (κ3) is 3.70.